The Morgan fingerprint density at radius 2 is 2.37 bits per heavy atom. The average molecular weight is 279 g/mol. The van der Waals surface area contributed by atoms with Crippen LogP contribution in [-0.4, -0.2) is 39.3 Å². The van der Waals surface area contributed by atoms with Crippen LogP contribution in [0.15, 0.2) is 24.5 Å². The highest BCUT2D eigenvalue weighted by Crippen LogP contribution is 2.26. The summed E-state index contributed by atoms with van der Waals surface area (Å²) < 4.78 is 1.61. The van der Waals surface area contributed by atoms with Crippen molar-refractivity contribution in [1.29, 1.82) is 0 Å². The minimum atomic E-state index is 0.412. The van der Waals surface area contributed by atoms with Crippen molar-refractivity contribution < 1.29 is 0 Å². The van der Waals surface area contributed by atoms with Gasteiger partial charge in [0.05, 0.1) is 16.4 Å². The van der Waals surface area contributed by atoms with Gasteiger partial charge in [0.1, 0.15) is 6.33 Å². The molecule has 1 aliphatic rings. The third kappa shape index (κ3) is 2.85. The fourth-order valence-electron chi connectivity index (χ4n) is 2.24. The summed E-state index contributed by atoms with van der Waals surface area (Å²) in [5.41, 5.74) is 1.81. The number of nitrogens with one attached hydrogen (secondary N) is 2. The van der Waals surface area contributed by atoms with E-state index in [4.69, 9.17) is 11.6 Å². The Morgan fingerprint density at radius 1 is 1.42 bits per heavy atom. The molecule has 0 aliphatic carbocycles. The SMILES string of the molecule is Clc1ccc(-n2cnnn2)cc1NC1CCCNC1. The molecule has 3 rings (SSSR count). The van der Waals surface area contributed by atoms with Crippen LogP contribution in [-0.2, 0) is 0 Å². The number of piperidine rings is 1. The van der Waals surface area contributed by atoms with Crippen LogP contribution in [0.4, 0.5) is 5.69 Å². The molecule has 1 aromatic carbocycles. The summed E-state index contributed by atoms with van der Waals surface area (Å²) in [7, 11) is 0. The van der Waals surface area contributed by atoms with Gasteiger partial charge < -0.3 is 10.6 Å². The smallest absolute Gasteiger partial charge is 0.143 e. The lowest BCUT2D eigenvalue weighted by molar-refractivity contribution is 0.480. The van der Waals surface area contributed by atoms with E-state index in [1.165, 1.54) is 6.42 Å². The Kier molecular flexibility index (Phi) is 3.61. The maximum absolute atomic E-state index is 6.23. The molecule has 6 nitrogen and oxygen atoms in total. The van der Waals surface area contributed by atoms with E-state index in [-0.39, 0.29) is 0 Å². The van der Waals surface area contributed by atoms with Crippen LogP contribution in [0.3, 0.4) is 0 Å². The van der Waals surface area contributed by atoms with Gasteiger partial charge in [-0.05, 0) is 48.0 Å². The molecule has 100 valence electrons. The van der Waals surface area contributed by atoms with Gasteiger partial charge in [0, 0.05) is 12.6 Å². The van der Waals surface area contributed by atoms with E-state index < -0.39 is 0 Å². The Balaban J connectivity index is 1.81. The number of nitrogens with zero attached hydrogens (tertiary/aromatic N) is 4. The van der Waals surface area contributed by atoms with Gasteiger partial charge in [0.15, 0.2) is 0 Å². The molecule has 2 aromatic rings. The second kappa shape index (κ2) is 5.54. The van der Waals surface area contributed by atoms with Crippen LogP contribution < -0.4 is 10.6 Å². The number of hydrogen-bond acceptors (Lipinski definition) is 5. The van der Waals surface area contributed by atoms with Crippen molar-refractivity contribution >= 4 is 17.3 Å². The molecule has 0 bridgehead atoms. The van der Waals surface area contributed by atoms with E-state index in [2.05, 4.69) is 26.2 Å². The summed E-state index contributed by atoms with van der Waals surface area (Å²) >= 11 is 6.23. The first kappa shape index (κ1) is 12.4. The minimum Gasteiger partial charge on any atom is -0.380 e. The molecule has 19 heavy (non-hydrogen) atoms. The fourth-order valence-corrected chi connectivity index (χ4v) is 2.41. The minimum absolute atomic E-state index is 0.412. The van der Waals surface area contributed by atoms with Crippen molar-refractivity contribution in [1.82, 2.24) is 25.5 Å². The Morgan fingerprint density at radius 3 is 3.11 bits per heavy atom. The van der Waals surface area contributed by atoms with E-state index in [0.29, 0.717) is 11.1 Å². The highest BCUT2D eigenvalue weighted by molar-refractivity contribution is 6.33. The average Bonchev–Trinajstić information content (AvgIpc) is 2.96. The molecule has 7 heteroatoms. The zero-order chi connectivity index (χ0) is 13.1. The van der Waals surface area contributed by atoms with E-state index in [0.717, 1.165) is 30.9 Å². The quantitative estimate of drug-likeness (QED) is 0.890. The predicted octanol–water partition coefficient (Wildman–Crippen LogP) is 1.48. The highest BCUT2D eigenvalue weighted by Gasteiger charge is 2.14. The number of halogens is 1. The maximum Gasteiger partial charge on any atom is 0.143 e. The molecular formula is C12H15ClN6. The van der Waals surface area contributed by atoms with Gasteiger partial charge in [0.2, 0.25) is 0 Å². The summed E-state index contributed by atoms with van der Waals surface area (Å²) in [5, 5.41) is 18.7. The highest BCUT2D eigenvalue weighted by atomic mass is 35.5. The summed E-state index contributed by atoms with van der Waals surface area (Å²) in [6.45, 7) is 2.06. The van der Waals surface area contributed by atoms with Gasteiger partial charge in [-0.1, -0.05) is 11.6 Å². The monoisotopic (exact) mass is 278 g/mol. The van der Waals surface area contributed by atoms with Crippen molar-refractivity contribution in [3.8, 4) is 5.69 Å². The molecule has 1 saturated heterocycles. The summed E-state index contributed by atoms with van der Waals surface area (Å²) in [6, 6.07) is 6.13. The van der Waals surface area contributed by atoms with Crippen molar-refractivity contribution in [3.05, 3.63) is 29.5 Å². The van der Waals surface area contributed by atoms with Crippen LogP contribution >= 0.6 is 11.6 Å². The summed E-state index contributed by atoms with van der Waals surface area (Å²) in [5.74, 6) is 0. The molecule has 0 radical (unpaired) electrons. The molecule has 1 aromatic heterocycles. The topological polar surface area (TPSA) is 67.7 Å². The first-order chi connectivity index (χ1) is 9.33. The maximum atomic E-state index is 6.23. The number of anilines is 1. The van der Waals surface area contributed by atoms with E-state index >= 15 is 0 Å². The molecular weight excluding hydrogens is 264 g/mol. The Labute approximate surface area is 116 Å². The van der Waals surface area contributed by atoms with Crippen molar-refractivity contribution in [2.45, 2.75) is 18.9 Å². The zero-order valence-electron chi connectivity index (χ0n) is 10.4. The van der Waals surface area contributed by atoms with Crippen molar-refractivity contribution in [2.24, 2.45) is 0 Å². The molecule has 0 saturated carbocycles. The Hall–Kier alpha value is -1.66. The molecule has 2 heterocycles. The molecule has 1 unspecified atom stereocenters. The largest absolute Gasteiger partial charge is 0.380 e. The lowest BCUT2D eigenvalue weighted by Crippen LogP contribution is -2.38. The Bertz CT molecular complexity index is 535. The molecule has 1 fully saturated rings. The third-order valence-corrected chi connectivity index (χ3v) is 3.55. The van der Waals surface area contributed by atoms with Gasteiger partial charge in [-0.25, -0.2) is 4.68 Å². The van der Waals surface area contributed by atoms with Crippen LogP contribution in [0.5, 0.6) is 0 Å². The lowest BCUT2D eigenvalue weighted by atomic mass is 10.1. The van der Waals surface area contributed by atoms with Crippen LogP contribution in [0.25, 0.3) is 5.69 Å². The number of aromatic nitrogens is 4. The predicted molar refractivity (Wildman–Crippen MR) is 73.7 cm³/mol. The first-order valence-electron chi connectivity index (χ1n) is 6.33. The second-order valence-electron chi connectivity index (χ2n) is 4.61. The van der Waals surface area contributed by atoms with Crippen molar-refractivity contribution in [3.63, 3.8) is 0 Å². The first-order valence-corrected chi connectivity index (χ1v) is 6.71. The van der Waals surface area contributed by atoms with Gasteiger partial charge in [0.25, 0.3) is 0 Å². The van der Waals surface area contributed by atoms with E-state index in [1.54, 1.807) is 11.0 Å². The number of hydrogen-bond donors (Lipinski definition) is 2. The van der Waals surface area contributed by atoms with Crippen molar-refractivity contribution in [2.75, 3.05) is 18.4 Å². The normalized spacial score (nSPS) is 19.3. The van der Waals surface area contributed by atoms with E-state index in [9.17, 15) is 0 Å². The number of tetrazole rings is 1. The molecule has 2 N–H and O–H groups in total. The number of benzene rings is 1. The van der Waals surface area contributed by atoms with Crippen LogP contribution in [0.1, 0.15) is 12.8 Å². The van der Waals surface area contributed by atoms with Crippen LogP contribution in [0.2, 0.25) is 5.02 Å². The summed E-state index contributed by atoms with van der Waals surface area (Å²) in [4.78, 5) is 0. The van der Waals surface area contributed by atoms with Crippen LogP contribution in [0, 0.1) is 0 Å². The molecule has 1 atom stereocenters. The standard InChI is InChI=1S/C12H15ClN6/c13-11-4-3-10(19-8-15-17-18-19)6-12(11)16-9-2-1-5-14-7-9/h3-4,6,8-9,14,16H,1-2,5,7H2. The summed E-state index contributed by atoms with van der Waals surface area (Å²) in [6.07, 6.45) is 3.90. The molecule has 0 spiro atoms. The second-order valence-corrected chi connectivity index (χ2v) is 5.01. The number of rotatable bonds is 3. The van der Waals surface area contributed by atoms with E-state index in [1.807, 2.05) is 18.2 Å². The van der Waals surface area contributed by atoms with Gasteiger partial charge in [-0.2, -0.15) is 0 Å². The molecule has 0 amide bonds. The third-order valence-electron chi connectivity index (χ3n) is 3.22. The molecule has 1 aliphatic heterocycles. The lowest BCUT2D eigenvalue weighted by Gasteiger charge is -2.25. The zero-order valence-corrected chi connectivity index (χ0v) is 11.1. The fraction of sp³-hybridized carbons (Fsp3) is 0.417. The van der Waals surface area contributed by atoms with Gasteiger partial charge >= 0.3 is 0 Å². The van der Waals surface area contributed by atoms with Gasteiger partial charge in [-0.15, -0.1) is 5.10 Å². The van der Waals surface area contributed by atoms with Gasteiger partial charge in [-0.3, -0.25) is 0 Å².